The number of amides is 1. The fraction of sp³-hybridized carbons (Fsp3) is 0.786. The van der Waals surface area contributed by atoms with Crippen molar-refractivity contribution in [2.45, 2.75) is 64.2 Å². The first-order valence-electron chi connectivity index (χ1n) is 7.42. The summed E-state index contributed by atoms with van der Waals surface area (Å²) in [6.45, 7) is 7.23. The molecular weight excluding hydrogens is 272 g/mol. The smallest absolute Gasteiger partial charge is 0.230 e. The standard InChI is InChI=1S/C14H24N4OS/c1-10(2)11(3)15-13(19)9-20-14-17-16-12-7-5-4-6-8-18(12)14/h10-11H,4-9H2,1-3H3,(H,15,19)/t11-/m0/s1. The highest BCUT2D eigenvalue weighted by Gasteiger charge is 2.17. The molecule has 20 heavy (non-hydrogen) atoms. The minimum atomic E-state index is 0.0715. The molecule has 0 saturated carbocycles. The van der Waals surface area contributed by atoms with Crippen LogP contribution in [-0.2, 0) is 17.8 Å². The van der Waals surface area contributed by atoms with Crippen LogP contribution in [0.5, 0.6) is 0 Å². The number of rotatable bonds is 5. The van der Waals surface area contributed by atoms with Crippen LogP contribution in [0.3, 0.4) is 0 Å². The van der Waals surface area contributed by atoms with Gasteiger partial charge in [0.05, 0.1) is 5.75 Å². The summed E-state index contributed by atoms with van der Waals surface area (Å²) in [6, 6.07) is 0.207. The van der Waals surface area contributed by atoms with Crippen molar-refractivity contribution < 1.29 is 4.79 Å². The number of nitrogens with one attached hydrogen (secondary N) is 1. The van der Waals surface area contributed by atoms with E-state index in [4.69, 9.17) is 0 Å². The van der Waals surface area contributed by atoms with Gasteiger partial charge >= 0.3 is 0 Å². The molecule has 1 aromatic rings. The van der Waals surface area contributed by atoms with E-state index in [0.717, 1.165) is 23.9 Å². The number of carbonyl (C=O) groups excluding carboxylic acids is 1. The van der Waals surface area contributed by atoms with Crippen molar-refractivity contribution in [3.8, 4) is 0 Å². The SMILES string of the molecule is CC(C)[C@H](C)NC(=O)CSc1nnc2n1CCCCC2. The molecule has 6 heteroatoms. The van der Waals surface area contributed by atoms with Gasteiger partial charge in [-0.05, 0) is 25.7 Å². The maximum atomic E-state index is 11.9. The highest BCUT2D eigenvalue weighted by Crippen LogP contribution is 2.21. The Morgan fingerprint density at radius 3 is 2.85 bits per heavy atom. The zero-order chi connectivity index (χ0) is 14.5. The van der Waals surface area contributed by atoms with Gasteiger partial charge in [-0.2, -0.15) is 0 Å². The molecule has 112 valence electrons. The molecule has 1 N–H and O–H groups in total. The third-order valence-corrected chi connectivity index (χ3v) is 4.76. The fourth-order valence-electron chi connectivity index (χ4n) is 2.16. The minimum Gasteiger partial charge on any atom is -0.353 e. The molecular formula is C14H24N4OS. The Morgan fingerprint density at radius 1 is 1.30 bits per heavy atom. The molecule has 0 radical (unpaired) electrons. The molecule has 1 aliphatic rings. The summed E-state index contributed by atoms with van der Waals surface area (Å²) >= 11 is 1.49. The second kappa shape index (κ2) is 7.11. The summed E-state index contributed by atoms with van der Waals surface area (Å²) in [5.41, 5.74) is 0. The number of fused-ring (bicyclic) bond motifs is 1. The number of carbonyl (C=O) groups is 1. The van der Waals surface area contributed by atoms with E-state index in [1.807, 2.05) is 6.92 Å². The van der Waals surface area contributed by atoms with Crippen molar-refractivity contribution >= 4 is 17.7 Å². The summed E-state index contributed by atoms with van der Waals surface area (Å²) in [5, 5.41) is 12.4. The van der Waals surface area contributed by atoms with E-state index >= 15 is 0 Å². The predicted octanol–water partition coefficient (Wildman–Crippen LogP) is 2.26. The minimum absolute atomic E-state index is 0.0715. The van der Waals surface area contributed by atoms with Gasteiger partial charge in [0.25, 0.3) is 0 Å². The molecule has 0 saturated heterocycles. The van der Waals surface area contributed by atoms with Crippen molar-refractivity contribution in [1.82, 2.24) is 20.1 Å². The Balaban J connectivity index is 1.88. The molecule has 2 heterocycles. The molecule has 5 nitrogen and oxygen atoms in total. The van der Waals surface area contributed by atoms with Crippen LogP contribution in [0, 0.1) is 5.92 Å². The Hall–Kier alpha value is -1.04. The van der Waals surface area contributed by atoms with Gasteiger partial charge in [-0.1, -0.05) is 32.0 Å². The largest absolute Gasteiger partial charge is 0.353 e. The summed E-state index contributed by atoms with van der Waals surface area (Å²) in [4.78, 5) is 11.9. The Kier molecular flexibility index (Phi) is 5.46. The highest BCUT2D eigenvalue weighted by molar-refractivity contribution is 7.99. The lowest BCUT2D eigenvalue weighted by atomic mass is 10.1. The van der Waals surface area contributed by atoms with Gasteiger partial charge in [0.1, 0.15) is 5.82 Å². The molecule has 0 bridgehead atoms. The first kappa shape index (κ1) is 15.4. The van der Waals surface area contributed by atoms with E-state index in [9.17, 15) is 4.79 Å². The van der Waals surface area contributed by atoms with E-state index < -0.39 is 0 Å². The molecule has 0 unspecified atom stereocenters. The zero-order valence-corrected chi connectivity index (χ0v) is 13.4. The van der Waals surface area contributed by atoms with Crippen LogP contribution < -0.4 is 5.32 Å². The van der Waals surface area contributed by atoms with Gasteiger partial charge < -0.3 is 9.88 Å². The van der Waals surface area contributed by atoms with E-state index in [1.54, 1.807) is 0 Å². The summed E-state index contributed by atoms with van der Waals surface area (Å²) < 4.78 is 2.18. The van der Waals surface area contributed by atoms with E-state index in [-0.39, 0.29) is 11.9 Å². The van der Waals surface area contributed by atoms with Crippen molar-refractivity contribution in [2.75, 3.05) is 5.75 Å². The Labute approximate surface area is 124 Å². The Morgan fingerprint density at radius 2 is 2.10 bits per heavy atom. The quantitative estimate of drug-likeness (QED) is 0.847. The molecule has 0 fully saturated rings. The van der Waals surface area contributed by atoms with Crippen LogP contribution >= 0.6 is 11.8 Å². The average Bonchev–Trinajstić information content (AvgIpc) is 2.64. The molecule has 0 aromatic carbocycles. The highest BCUT2D eigenvalue weighted by atomic mass is 32.2. The van der Waals surface area contributed by atoms with Crippen LogP contribution in [0.15, 0.2) is 5.16 Å². The van der Waals surface area contributed by atoms with Gasteiger partial charge in [0, 0.05) is 19.0 Å². The first-order chi connectivity index (χ1) is 9.58. The topological polar surface area (TPSA) is 59.8 Å². The van der Waals surface area contributed by atoms with Crippen LogP contribution in [0.25, 0.3) is 0 Å². The average molecular weight is 296 g/mol. The third-order valence-electron chi connectivity index (χ3n) is 3.80. The van der Waals surface area contributed by atoms with Gasteiger partial charge in [0.2, 0.25) is 5.91 Å². The number of nitrogens with zero attached hydrogens (tertiary/aromatic N) is 3. The lowest BCUT2D eigenvalue weighted by Gasteiger charge is -2.17. The number of hydrogen-bond acceptors (Lipinski definition) is 4. The van der Waals surface area contributed by atoms with E-state index in [2.05, 4.69) is 33.9 Å². The number of thioether (sulfide) groups is 1. The van der Waals surface area contributed by atoms with Gasteiger partial charge in [0.15, 0.2) is 5.16 Å². The van der Waals surface area contributed by atoms with Crippen molar-refractivity contribution in [1.29, 1.82) is 0 Å². The van der Waals surface area contributed by atoms with Crippen LogP contribution in [-0.4, -0.2) is 32.5 Å². The molecule has 1 amide bonds. The summed E-state index contributed by atoms with van der Waals surface area (Å²) in [7, 11) is 0. The summed E-state index contributed by atoms with van der Waals surface area (Å²) in [5.74, 6) is 2.01. The second-order valence-corrected chi connectivity index (χ2v) is 6.69. The number of aryl methyl sites for hydroxylation is 1. The molecule has 1 aromatic heterocycles. The van der Waals surface area contributed by atoms with Gasteiger partial charge in [-0.15, -0.1) is 10.2 Å². The number of hydrogen-bond donors (Lipinski definition) is 1. The van der Waals surface area contributed by atoms with Crippen LogP contribution in [0.4, 0.5) is 0 Å². The lowest BCUT2D eigenvalue weighted by Crippen LogP contribution is -2.37. The maximum Gasteiger partial charge on any atom is 0.230 e. The van der Waals surface area contributed by atoms with Crippen molar-refractivity contribution in [3.05, 3.63) is 5.82 Å². The predicted molar refractivity (Wildman–Crippen MR) is 80.7 cm³/mol. The third kappa shape index (κ3) is 3.98. The normalized spacial score (nSPS) is 16.6. The zero-order valence-electron chi connectivity index (χ0n) is 12.6. The molecule has 0 aliphatic carbocycles. The molecule has 1 aliphatic heterocycles. The monoisotopic (exact) mass is 296 g/mol. The molecule has 2 rings (SSSR count). The van der Waals surface area contributed by atoms with Crippen molar-refractivity contribution in [2.24, 2.45) is 5.92 Å². The van der Waals surface area contributed by atoms with Crippen molar-refractivity contribution in [3.63, 3.8) is 0 Å². The van der Waals surface area contributed by atoms with E-state index in [0.29, 0.717) is 11.7 Å². The van der Waals surface area contributed by atoms with Crippen LogP contribution in [0.2, 0.25) is 0 Å². The molecule has 1 atom stereocenters. The molecule has 0 spiro atoms. The maximum absolute atomic E-state index is 11.9. The van der Waals surface area contributed by atoms with Crippen LogP contribution in [0.1, 0.15) is 45.9 Å². The number of aromatic nitrogens is 3. The van der Waals surface area contributed by atoms with Gasteiger partial charge in [-0.3, -0.25) is 4.79 Å². The Bertz CT molecular complexity index is 458. The first-order valence-corrected chi connectivity index (χ1v) is 8.40. The van der Waals surface area contributed by atoms with Gasteiger partial charge in [-0.25, -0.2) is 0 Å². The second-order valence-electron chi connectivity index (χ2n) is 5.75. The lowest BCUT2D eigenvalue weighted by molar-refractivity contribution is -0.119. The fourth-order valence-corrected chi connectivity index (χ4v) is 2.95. The summed E-state index contributed by atoms with van der Waals surface area (Å²) in [6.07, 6.45) is 4.62. The van der Waals surface area contributed by atoms with E-state index in [1.165, 1.54) is 31.0 Å².